The third-order valence-electron chi connectivity index (χ3n) is 3.46. The molecule has 1 aliphatic heterocycles. The molecule has 0 spiro atoms. The van der Waals surface area contributed by atoms with Gasteiger partial charge in [-0.15, -0.1) is 0 Å². The molecule has 0 aliphatic carbocycles. The first-order chi connectivity index (χ1) is 9.06. The van der Waals surface area contributed by atoms with Crippen molar-refractivity contribution >= 4 is 32.9 Å². The number of anilines is 1. The van der Waals surface area contributed by atoms with E-state index in [1.165, 1.54) is 6.07 Å². The summed E-state index contributed by atoms with van der Waals surface area (Å²) in [6.45, 7) is 3.70. The molecule has 5 nitrogen and oxygen atoms in total. The van der Waals surface area contributed by atoms with Crippen molar-refractivity contribution < 1.29 is 4.39 Å². The molecule has 2 N–H and O–H groups in total. The van der Waals surface area contributed by atoms with Gasteiger partial charge in [-0.1, -0.05) is 0 Å². The molecular weight excluding hydrogens is 313 g/mol. The van der Waals surface area contributed by atoms with Crippen molar-refractivity contribution in [2.45, 2.75) is 0 Å². The minimum Gasteiger partial charge on any atom is -0.368 e. The maximum Gasteiger partial charge on any atom is 0.220 e. The molecule has 1 saturated heterocycles. The number of likely N-dealkylation sites (N-methyl/N-ethyl adjacent to an activating group) is 1. The van der Waals surface area contributed by atoms with E-state index in [0.29, 0.717) is 15.9 Å². The van der Waals surface area contributed by atoms with Crippen molar-refractivity contribution in [2.75, 3.05) is 44.0 Å². The number of aromatic nitrogens is 2. The zero-order chi connectivity index (χ0) is 13.6. The van der Waals surface area contributed by atoms with E-state index >= 15 is 0 Å². The van der Waals surface area contributed by atoms with Crippen LogP contribution in [-0.2, 0) is 0 Å². The summed E-state index contributed by atoms with van der Waals surface area (Å²) in [5.41, 5.74) is 7.39. The van der Waals surface area contributed by atoms with Gasteiger partial charge in [-0.25, -0.2) is 14.1 Å². The molecule has 7 heteroatoms. The van der Waals surface area contributed by atoms with E-state index in [4.69, 9.17) is 5.73 Å². The Morgan fingerprint density at radius 2 is 1.95 bits per heavy atom. The van der Waals surface area contributed by atoms with Gasteiger partial charge in [-0.05, 0) is 29.0 Å². The fourth-order valence-corrected chi connectivity index (χ4v) is 2.70. The smallest absolute Gasteiger partial charge is 0.220 e. The number of halogens is 2. The number of hydrogen-bond donors (Lipinski definition) is 1. The number of nitrogen functional groups attached to an aromatic ring is 1. The molecule has 2 aromatic rings. The number of nitrogens with two attached hydrogens (primary N) is 1. The molecule has 0 amide bonds. The van der Waals surface area contributed by atoms with Crippen LogP contribution in [0.3, 0.4) is 0 Å². The van der Waals surface area contributed by atoms with Crippen molar-refractivity contribution in [3.05, 3.63) is 22.4 Å². The molecule has 0 saturated carbocycles. The molecule has 0 unspecified atom stereocenters. The predicted octanol–water partition coefficient (Wildman–Crippen LogP) is 1.40. The largest absolute Gasteiger partial charge is 0.368 e. The van der Waals surface area contributed by atoms with Crippen LogP contribution >= 0.6 is 15.9 Å². The van der Waals surface area contributed by atoms with Crippen molar-refractivity contribution in [1.82, 2.24) is 14.6 Å². The second kappa shape index (κ2) is 4.64. The summed E-state index contributed by atoms with van der Waals surface area (Å²) in [6.07, 6.45) is 0. The van der Waals surface area contributed by atoms with Crippen molar-refractivity contribution in [2.24, 2.45) is 0 Å². The number of nitrogens with zero attached hydrogens (tertiary/aromatic N) is 4. The molecule has 1 aromatic heterocycles. The number of fused-ring (bicyclic) bond motifs is 1. The van der Waals surface area contributed by atoms with E-state index in [1.807, 2.05) is 4.68 Å². The molecule has 3 rings (SSSR count). The highest BCUT2D eigenvalue weighted by Crippen LogP contribution is 2.25. The van der Waals surface area contributed by atoms with Crippen molar-refractivity contribution in [3.63, 3.8) is 0 Å². The Bertz CT molecular complexity index is 618. The first kappa shape index (κ1) is 12.7. The summed E-state index contributed by atoms with van der Waals surface area (Å²) in [7, 11) is 2.10. The summed E-state index contributed by atoms with van der Waals surface area (Å²) in [6, 6.07) is 3.13. The second-order valence-corrected chi connectivity index (χ2v) is 5.65. The van der Waals surface area contributed by atoms with Gasteiger partial charge in [-0.2, -0.15) is 0 Å². The molecule has 2 heterocycles. The fourth-order valence-electron chi connectivity index (χ4n) is 2.37. The third-order valence-corrected chi connectivity index (χ3v) is 4.07. The van der Waals surface area contributed by atoms with Crippen LogP contribution in [0.5, 0.6) is 0 Å². The van der Waals surface area contributed by atoms with Crippen LogP contribution in [0.2, 0.25) is 0 Å². The third kappa shape index (κ3) is 2.17. The quantitative estimate of drug-likeness (QED) is 0.860. The Balaban J connectivity index is 2.07. The summed E-state index contributed by atoms with van der Waals surface area (Å²) in [5, 5.41) is 2.15. The normalized spacial score (nSPS) is 17.3. The molecule has 19 heavy (non-hydrogen) atoms. The molecule has 0 radical (unpaired) electrons. The fraction of sp³-hybridized carbons (Fsp3) is 0.417. The SMILES string of the molecule is CN1CCN(n2c(N)nc3cc(F)c(Br)cc32)CC1. The van der Waals surface area contributed by atoms with Crippen molar-refractivity contribution in [1.29, 1.82) is 0 Å². The molecule has 1 aromatic carbocycles. The van der Waals surface area contributed by atoms with E-state index in [-0.39, 0.29) is 5.82 Å². The standard InChI is InChI=1S/C12H15BrFN5/c1-17-2-4-18(5-3-17)19-11-6-8(13)9(14)7-10(11)16-12(19)15/h6-7H,2-5H2,1H3,(H2,15,16). The van der Waals surface area contributed by atoms with Gasteiger partial charge in [0.2, 0.25) is 5.95 Å². The summed E-state index contributed by atoms with van der Waals surface area (Å²) >= 11 is 3.21. The average molecular weight is 328 g/mol. The summed E-state index contributed by atoms with van der Waals surface area (Å²) in [4.78, 5) is 6.50. The molecule has 1 aliphatic rings. The van der Waals surface area contributed by atoms with Gasteiger partial charge in [0.15, 0.2) is 0 Å². The Hall–Kier alpha value is -1.34. The highest BCUT2D eigenvalue weighted by Gasteiger charge is 2.19. The first-order valence-corrected chi connectivity index (χ1v) is 6.92. The Morgan fingerprint density at radius 1 is 1.26 bits per heavy atom. The molecule has 0 bridgehead atoms. The average Bonchev–Trinajstić information content (AvgIpc) is 2.67. The minimum absolute atomic E-state index is 0.324. The first-order valence-electron chi connectivity index (χ1n) is 6.13. The second-order valence-electron chi connectivity index (χ2n) is 4.79. The maximum absolute atomic E-state index is 13.5. The lowest BCUT2D eigenvalue weighted by molar-refractivity contribution is 0.290. The van der Waals surface area contributed by atoms with E-state index in [2.05, 4.69) is 37.9 Å². The van der Waals surface area contributed by atoms with E-state index in [1.54, 1.807) is 6.07 Å². The predicted molar refractivity (Wildman–Crippen MR) is 77.3 cm³/mol. The van der Waals surface area contributed by atoms with Crippen LogP contribution in [0.25, 0.3) is 11.0 Å². The monoisotopic (exact) mass is 327 g/mol. The van der Waals surface area contributed by atoms with Gasteiger partial charge in [0.05, 0.1) is 15.5 Å². The molecular formula is C12H15BrFN5. The van der Waals surface area contributed by atoms with Crippen molar-refractivity contribution in [3.8, 4) is 0 Å². The molecule has 0 atom stereocenters. The van der Waals surface area contributed by atoms with E-state index < -0.39 is 0 Å². The lowest BCUT2D eigenvalue weighted by atomic mass is 10.3. The van der Waals surface area contributed by atoms with Gasteiger partial charge >= 0.3 is 0 Å². The topological polar surface area (TPSA) is 50.3 Å². The number of imidazole rings is 1. The Labute approximate surface area is 118 Å². The number of piperazine rings is 1. The lowest BCUT2D eigenvalue weighted by Gasteiger charge is -2.35. The zero-order valence-corrected chi connectivity index (χ0v) is 12.2. The summed E-state index contributed by atoms with van der Waals surface area (Å²) in [5.74, 6) is 0.0765. The number of rotatable bonds is 1. The van der Waals surface area contributed by atoms with E-state index in [0.717, 1.165) is 31.7 Å². The number of benzene rings is 1. The van der Waals surface area contributed by atoms with Crippen LogP contribution in [0, 0.1) is 5.82 Å². The van der Waals surface area contributed by atoms with E-state index in [9.17, 15) is 4.39 Å². The Morgan fingerprint density at radius 3 is 2.63 bits per heavy atom. The number of hydrogen-bond acceptors (Lipinski definition) is 4. The maximum atomic E-state index is 13.5. The van der Waals surface area contributed by atoms with Gasteiger partial charge in [0.1, 0.15) is 5.82 Å². The highest BCUT2D eigenvalue weighted by molar-refractivity contribution is 9.10. The van der Waals surface area contributed by atoms with Gasteiger partial charge in [0.25, 0.3) is 0 Å². The van der Waals surface area contributed by atoms with Crippen LogP contribution in [0.1, 0.15) is 0 Å². The molecule has 102 valence electrons. The van der Waals surface area contributed by atoms with Gasteiger partial charge < -0.3 is 15.6 Å². The van der Waals surface area contributed by atoms with Crippen LogP contribution in [0.4, 0.5) is 10.3 Å². The Kier molecular flexibility index (Phi) is 3.10. The molecule has 1 fully saturated rings. The lowest BCUT2D eigenvalue weighted by Crippen LogP contribution is -2.50. The summed E-state index contributed by atoms with van der Waals surface area (Å²) < 4.78 is 15.8. The van der Waals surface area contributed by atoms with Crippen LogP contribution < -0.4 is 10.7 Å². The highest BCUT2D eigenvalue weighted by atomic mass is 79.9. The minimum atomic E-state index is -0.324. The zero-order valence-electron chi connectivity index (χ0n) is 10.6. The van der Waals surface area contributed by atoms with Crippen LogP contribution in [0.15, 0.2) is 16.6 Å². The van der Waals surface area contributed by atoms with Crippen LogP contribution in [-0.4, -0.2) is 47.8 Å². The van der Waals surface area contributed by atoms with Gasteiger partial charge in [0, 0.05) is 32.2 Å². The van der Waals surface area contributed by atoms with Gasteiger partial charge in [-0.3, -0.25) is 0 Å².